The first-order valence-electron chi connectivity index (χ1n) is 4.89. The topological polar surface area (TPSA) is 55.4 Å². The van der Waals surface area contributed by atoms with Crippen LogP contribution in [0.1, 0.15) is 12.5 Å². The van der Waals surface area contributed by atoms with Gasteiger partial charge in [0.15, 0.2) is 0 Å². The van der Waals surface area contributed by atoms with Gasteiger partial charge in [0, 0.05) is 5.56 Å². The second-order valence-corrected chi connectivity index (χ2v) is 4.27. The molecule has 4 heteroatoms. The summed E-state index contributed by atoms with van der Waals surface area (Å²) in [7, 11) is 0. The van der Waals surface area contributed by atoms with Gasteiger partial charge in [-0.05, 0) is 12.5 Å². The van der Waals surface area contributed by atoms with E-state index in [2.05, 4.69) is 11.7 Å². The molecule has 0 radical (unpaired) electrons. The lowest BCUT2D eigenvalue weighted by Crippen LogP contribution is -2.13. The van der Waals surface area contributed by atoms with Crippen molar-refractivity contribution in [1.82, 2.24) is 0 Å². The maximum absolute atomic E-state index is 11.3. The highest BCUT2D eigenvalue weighted by atomic mass is 32.2. The monoisotopic (exact) mass is 234 g/mol. The van der Waals surface area contributed by atoms with Crippen molar-refractivity contribution in [2.24, 2.45) is 10.7 Å². The van der Waals surface area contributed by atoms with E-state index in [-0.39, 0.29) is 0 Å². The second kappa shape index (κ2) is 6.12. The summed E-state index contributed by atoms with van der Waals surface area (Å²) < 4.78 is 0. The van der Waals surface area contributed by atoms with Gasteiger partial charge in [-0.3, -0.25) is 9.79 Å². The second-order valence-electron chi connectivity index (χ2n) is 3.00. The lowest BCUT2D eigenvalue weighted by atomic mass is 10.1. The molecular formula is C12H14N2OS. The summed E-state index contributed by atoms with van der Waals surface area (Å²) in [6.07, 6.45) is 0. The van der Waals surface area contributed by atoms with E-state index in [4.69, 9.17) is 5.73 Å². The first-order chi connectivity index (χ1) is 7.70. The van der Waals surface area contributed by atoms with Crippen LogP contribution in [0.25, 0.3) is 5.70 Å². The standard InChI is InChI=1S/C12H14N2OS/c1-3-16-11(12(13)15)10(14-2)9-7-5-4-6-8-9/h4-8H,2-3H2,1H3,(H2,13,15)/b11-10-. The summed E-state index contributed by atoms with van der Waals surface area (Å²) in [5, 5.41) is 0. The molecule has 16 heavy (non-hydrogen) atoms. The van der Waals surface area contributed by atoms with Crippen LogP contribution in [0.5, 0.6) is 0 Å². The fourth-order valence-electron chi connectivity index (χ4n) is 1.29. The van der Waals surface area contributed by atoms with Crippen LogP contribution in [0.15, 0.2) is 40.2 Å². The van der Waals surface area contributed by atoms with Gasteiger partial charge < -0.3 is 5.73 Å². The van der Waals surface area contributed by atoms with E-state index < -0.39 is 5.91 Å². The Kier molecular flexibility index (Phi) is 4.79. The number of carbonyl (C=O) groups is 1. The molecule has 1 aromatic rings. The van der Waals surface area contributed by atoms with E-state index in [1.165, 1.54) is 11.8 Å². The zero-order valence-corrected chi connectivity index (χ0v) is 9.96. The molecule has 1 aromatic carbocycles. The molecule has 3 nitrogen and oxygen atoms in total. The minimum atomic E-state index is -0.460. The number of rotatable bonds is 5. The molecule has 0 aliphatic rings. The molecule has 0 saturated carbocycles. The van der Waals surface area contributed by atoms with Crippen LogP contribution < -0.4 is 5.73 Å². The summed E-state index contributed by atoms with van der Waals surface area (Å²) in [6, 6.07) is 9.43. The summed E-state index contributed by atoms with van der Waals surface area (Å²) in [5.41, 5.74) is 6.74. The largest absolute Gasteiger partial charge is 0.365 e. The predicted molar refractivity (Wildman–Crippen MR) is 70.2 cm³/mol. The first kappa shape index (κ1) is 12.5. The van der Waals surface area contributed by atoms with Gasteiger partial charge in [0.05, 0.1) is 10.6 Å². The van der Waals surface area contributed by atoms with E-state index in [1.807, 2.05) is 37.3 Å². The Bertz CT molecular complexity index is 412. The Morgan fingerprint density at radius 3 is 2.50 bits per heavy atom. The summed E-state index contributed by atoms with van der Waals surface area (Å²) in [6.45, 7) is 5.45. The van der Waals surface area contributed by atoms with Gasteiger partial charge in [-0.1, -0.05) is 37.3 Å². The van der Waals surface area contributed by atoms with Crippen LogP contribution in [-0.4, -0.2) is 18.4 Å². The number of nitrogens with zero attached hydrogens (tertiary/aromatic N) is 1. The van der Waals surface area contributed by atoms with Crippen molar-refractivity contribution in [2.45, 2.75) is 6.92 Å². The van der Waals surface area contributed by atoms with E-state index in [0.29, 0.717) is 10.6 Å². The highest BCUT2D eigenvalue weighted by molar-refractivity contribution is 8.04. The lowest BCUT2D eigenvalue weighted by molar-refractivity contribution is -0.113. The molecule has 0 heterocycles. The SMILES string of the molecule is C=N/C(=C(\SCC)C(N)=O)c1ccccc1. The smallest absolute Gasteiger partial charge is 0.257 e. The van der Waals surface area contributed by atoms with Gasteiger partial charge >= 0.3 is 0 Å². The van der Waals surface area contributed by atoms with Gasteiger partial charge in [0.25, 0.3) is 5.91 Å². The Morgan fingerprint density at radius 2 is 2.06 bits per heavy atom. The summed E-state index contributed by atoms with van der Waals surface area (Å²) >= 11 is 1.38. The number of primary amides is 1. The molecule has 0 spiro atoms. The third-order valence-corrected chi connectivity index (χ3v) is 2.90. The molecule has 2 N–H and O–H groups in total. The Balaban J connectivity index is 3.25. The van der Waals surface area contributed by atoms with E-state index in [1.54, 1.807) is 0 Å². The van der Waals surface area contributed by atoms with Crippen molar-refractivity contribution < 1.29 is 4.79 Å². The number of benzene rings is 1. The molecule has 0 unspecified atom stereocenters. The van der Waals surface area contributed by atoms with Gasteiger partial charge in [-0.2, -0.15) is 0 Å². The third-order valence-electron chi connectivity index (χ3n) is 1.93. The quantitative estimate of drug-likeness (QED) is 0.627. The predicted octanol–water partition coefficient (Wildman–Crippen LogP) is 2.29. The average molecular weight is 234 g/mol. The van der Waals surface area contributed by atoms with Crippen molar-refractivity contribution in [1.29, 1.82) is 0 Å². The fraction of sp³-hybridized carbons (Fsp3) is 0.167. The Morgan fingerprint density at radius 1 is 1.44 bits per heavy atom. The molecule has 0 aliphatic carbocycles. The fourth-order valence-corrected chi connectivity index (χ4v) is 2.04. The summed E-state index contributed by atoms with van der Waals surface area (Å²) in [5.74, 6) is 0.308. The highest BCUT2D eigenvalue weighted by Gasteiger charge is 2.13. The maximum Gasteiger partial charge on any atom is 0.257 e. The van der Waals surface area contributed by atoms with Gasteiger partial charge in [-0.15, -0.1) is 11.8 Å². The van der Waals surface area contributed by atoms with Crippen molar-refractivity contribution >= 4 is 30.1 Å². The maximum atomic E-state index is 11.3. The van der Waals surface area contributed by atoms with Gasteiger partial charge in [-0.25, -0.2) is 0 Å². The highest BCUT2D eigenvalue weighted by Crippen LogP contribution is 2.27. The molecule has 0 fully saturated rings. The number of thioether (sulfide) groups is 1. The first-order valence-corrected chi connectivity index (χ1v) is 5.88. The normalized spacial score (nSPS) is 11.8. The minimum absolute atomic E-state index is 0.460. The van der Waals surface area contributed by atoms with Crippen molar-refractivity contribution in [3.8, 4) is 0 Å². The molecule has 84 valence electrons. The van der Waals surface area contributed by atoms with Crippen molar-refractivity contribution in [3.05, 3.63) is 40.8 Å². The lowest BCUT2D eigenvalue weighted by Gasteiger charge is -2.07. The van der Waals surface area contributed by atoms with Crippen LogP contribution in [0, 0.1) is 0 Å². The molecule has 0 atom stereocenters. The van der Waals surface area contributed by atoms with Gasteiger partial charge in [0.1, 0.15) is 0 Å². The number of hydrogen-bond donors (Lipinski definition) is 1. The van der Waals surface area contributed by atoms with E-state index in [9.17, 15) is 4.79 Å². The van der Waals surface area contributed by atoms with Crippen molar-refractivity contribution in [3.63, 3.8) is 0 Å². The molecule has 0 aromatic heterocycles. The van der Waals surface area contributed by atoms with Crippen molar-refractivity contribution in [2.75, 3.05) is 5.75 Å². The molecular weight excluding hydrogens is 220 g/mol. The van der Waals surface area contributed by atoms with E-state index in [0.717, 1.165) is 11.3 Å². The molecule has 0 saturated heterocycles. The average Bonchev–Trinajstić information content (AvgIpc) is 2.30. The van der Waals surface area contributed by atoms with Crippen LogP contribution in [-0.2, 0) is 4.79 Å². The van der Waals surface area contributed by atoms with Crippen LogP contribution in [0.3, 0.4) is 0 Å². The molecule has 0 aliphatic heterocycles. The molecule has 1 rings (SSSR count). The van der Waals surface area contributed by atoms with Crippen LogP contribution in [0.4, 0.5) is 0 Å². The zero-order valence-electron chi connectivity index (χ0n) is 9.14. The Labute approximate surface area is 99.5 Å². The summed E-state index contributed by atoms with van der Waals surface area (Å²) in [4.78, 5) is 15.7. The molecule has 1 amide bonds. The zero-order chi connectivity index (χ0) is 12.0. The number of amides is 1. The number of carbonyl (C=O) groups excluding carboxylic acids is 1. The third kappa shape index (κ3) is 2.97. The molecule has 0 bridgehead atoms. The number of hydrogen-bond acceptors (Lipinski definition) is 3. The van der Waals surface area contributed by atoms with Crippen LogP contribution in [0.2, 0.25) is 0 Å². The van der Waals surface area contributed by atoms with Gasteiger partial charge in [0.2, 0.25) is 0 Å². The minimum Gasteiger partial charge on any atom is -0.365 e. The number of aliphatic imine (C=N–C) groups is 1. The number of nitrogens with two attached hydrogens (primary N) is 1. The van der Waals surface area contributed by atoms with E-state index >= 15 is 0 Å². The van der Waals surface area contributed by atoms with Crippen LogP contribution >= 0.6 is 11.8 Å². The Hall–Kier alpha value is -1.55.